The summed E-state index contributed by atoms with van der Waals surface area (Å²) in [5, 5.41) is 8.97. The molecule has 0 bridgehead atoms. The minimum atomic E-state index is -0.123. The Bertz CT molecular complexity index is 1190. The summed E-state index contributed by atoms with van der Waals surface area (Å²) in [7, 11) is 3.99. The average molecular weight is 457 g/mol. The van der Waals surface area contributed by atoms with E-state index in [1.54, 1.807) is 23.4 Å². The number of hydrogen-bond donors (Lipinski definition) is 0. The minimum absolute atomic E-state index is 0.123. The molecular formula is C26H24N4O2S. The van der Waals surface area contributed by atoms with Gasteiger partial charge < -0.3 is 9.32 Å². The predicted molar refractivity (Wildman–Crippen MR) is 137 cm³/mol. The summed E-state index contributed by atoms with van der Waals surface area (Å²) in [4.78, 5) is 17.3. The molecule has 0 aliphatic carbocycles. The second-order valence-corrected chi connectivity index (χ2v) is 8.49. The van der Waals surface area contributed by atoms with Gasteiger partial charge in [-0.2, -0.15) is 5.10 Å². The van der Waals surface area contributed by atoms with Crippen LogP contribution in [0.4, 0.5) is 5.69 Å². The summed E-state index contributed by atoms with van der Waals surface area (Å²) >= 11 is 1.31. The highest BCUT2D eigenvalue weighted by Gasteiger charge is 2.34. The Balaban J connectivity index is 1.54. The molecule has 1 aliphatic heterocycles. The van der Waals surface area contributed by atoms with E-state index in [-0.39, 0.29) is 5.91 Å². The molecule has 166 valence electrons. The summed E-state index contributed by atoms with van der Waals surface area (Å²) in [6.45, 7) is 0.296. The predicted octanol–water partition coefficient (Wildman–Crippen LogP) is 5.52. The molecule has 0 spiro atoms. The molecule has 2 heterocycles. The first-order valence-electron chi connectivity index (χ1n) is 10.4. The van der Waals surface area contributed by atoms with Gasteiger partial charge in [-0.25, -0.2) is 0 Å². The molecule has 0 unspecified atom stereocenters. The number of rotatable bonds is 7. The highest BCUT2D eigenvalue weighted by atomic mass is 32.2. The van der Waals surface area contributed by atoms with E-state index < -0.39 is 0 Å². The average Bonchev–Trinajstić information content (AvgIpc) is 3.44. The maximum Gasteiger partial charge on any atom is 0.267 e. The van der Waals surface area contributed by atoms with Crippen LogP contribution in [0.5, 0.6) is 0 Å². The quantitative estimate of drug-likeness (QED) is 0.267. The number of carbonyl (C=O) groups excluding carboxylic acids is 1. The van der Waals surface area contributed by atoms with Gasteiger partial charge in [-0.3, -0.25) is 9.69 Å². The molecule has 0 radical (unpaired) electrons. The van der Waals surface area contributed by atoms with Crippen LogP contribution in [0.25, 0.3) is 12.2 Å². The van der Waals surface area contributed by atoms with Crippen LogP contribution in [0.1, 0.15) is 16.9 Å². The van der Waals surface area contributed by atoms with E-state index in [0.717, 1.165) is 16.8 Å². The molecule has 33 heavy (non-hydrogen) atoms. The molecule has 2 aromatic carbocycles. The molecule has 1 amide bonds. The van der Waals surface area contributed by atoms with Crippen LogP contribution < -0.4 is 4.90 Å². The lowest BCUT2D eigenvalue weighted by molar-refractivity contribution is -0.122. The molecular weight excluding hydrogens is 432 g/mol. The molecule has 0 saturated carbocycles. The van der Waals surface area contributed by atoms with Crippen LogP contribution in [0.3, 0.4) is 0 Å². The molecule has 0 atom stereocenters. The van der Waals surface area contributed by atoms with Crippen molar-refractivity contribution in [2.45, 2.75) is 6.54 Å². The monoisotopic (exact) mass is 456 g/mol. The summed E-state index contributed by atoms with van der Waals surface area (Å²) in [5.74, 6) is 0.558. The third-order valence-corrected chi connectivity index (χ3v) is 5.87. The fourth-order valence-electron chi connectivity index (χ4n) is 3.14. The normalized spacial score (nSPS) is 16.7. The Hall–Kier alpha value is -3.84. The van der Waals surface area contributed by atoms with Crippen LogP contribution in [0, 0.1) is 0 Å². The number of carbonyl (C=O) groups is 1. The molecule has 6 nitrogen and oxygen atoms in total. The van der Waals surface area contributed by atoms with Gasteiger partial charge in [0.05, 0.1) is 17.7 Å². The highest BCUT2D eigenvalue weighted by molar-refractivity contribution is 8.18. The van der Waals surface area contributed by atoms with Gasteiger partial charge in [0.1, 0.15) is 5.76 Å². The fraction of sp³-hybridized carbons (Fsp3) is 0.115. The smallest absolute Gasteiger partial charge is 0.267 e. The molecule has 1 aromatic heterocycles. The summed E-state index contributed by atoms with van der Waals surface area (Å²) in [5.41, 5.74) is 3.12. The fourth-order valence-corrected chi connectivity index (χ4v) is 4.07. The number of thioether (sulfide) groups is 1. The zero-order valence-electron chi connectivity index (χ0n) is 18.5. The van der Waals surface area contributed by atoms with Crippen molar-refractivity contribution in [3.63, 3.8) is 0 Å². The number of amides is 1. The lowest BCUT2D eigenvalue weighted by Gasteiger charge is -2.12. The molecule has 1 aliphatic rings. The number of furan rings is 1. The van der Waals surface area contributed by atoms with E-state index in [9.17, 15) is 4.79 Å². The molecule has 1 fully saturated rings. The largest absolute Gasteiger partial charge is 0.467 e. The van der Waals surface area contributed by atoms with Crippen molar-refractivity contribution in [3.05, 3.63) is 101 Å². The van der Waals surface area contributed by atoms with Crippen LogP contribution in [-0.4, -0.2) is 36.3 Å². The van der Waals surface area contributed by atoms with Gasteiger partial charge in [-0.1, -0.05) is 48.5 Å². The van der Waals surface area contributed by atoms with Gasteiger partial charge in [0.2, 0.25) is 0 Å². The van der Waals surface area contributed by atoms with Gasteiger partial charge in [0.25, 0.3) is 5.91 Å². The standard InChI is InChI=1S/C26H24N4O2S/c1-29(2)22-14-12-21(13-15-22)18-24-25(31)30(19-23-11-7-17-32-23)26(33-24)28-27-16-6-10-20-8-4-3-5-9-20/h3-18H,19H2,1-2H3/b10-6+,24-18-,27-16+,28-26-. The second kappa shape index (κ2) is 10.7. The first-order valence-corrected chi connectivity index (χ1v) is 11.3. The van der Waals surface area contributed by atoms with E-state index in [1.807, 2.05) is 97.9 Å². The lowest BCUT2D eigenvalue weighted by Crippen LogP contribution is -2.28. The third-order valence-electron chi connectivity index (χ3n) is 4.87. The van der Waals surface area contributed by atoms with Crippen molar-refractivity contribution in [2.24, 2.45) is 10.2 Å². The minimum Gasteiger partial charge on any atom is -0.467 e. The van der Waals surface area contributed by atoms with E-state index in [0.29, 0.717) is 22.4 Å². The van der Waals surface area contributed by atoms with E-state index >= 15 is 0 Å². The highest BCUT2D eigenvalue weighted by Crippen LogP contribution is 2.34. The van der Waals surface area contributed by atoms with Crippen molar-refractivity contribution in [3.8, 4) is 0 Å². The molecule has 4 rings (SSSR count). The Morgan fingerprint density at radius 2 is 1.79 bits per heavy atom. The lowest BCUT2D eigenvalue weighted by atomic mass is 10.2. The number of benzene rings is 2. The SMILES string of the molecule is CN(C)c1ccc(/C=C2\S\C(=N/N=C/C=C/c3ccccc3)N(Cc3ccco3)C2=O)cc1. The number of anilines is 1. The summed E-state index contributed by atoms with van der Waals surface area (Å²) in [6.07, 6.45) is 8.84. The zero-order valence-corrected chi connectivity index (χ0v) is 19.3. The zero-order chi connectivity index (χ0) is 23.0. The van der Waals surface area contributed by atoms with Crippen molar-refractivity contribution in [1.29, 1.82) is 0 Å². The van der Waals surface area contributed by atoms with Crippen molar-refractivity contribution in [2.75, 3.05) is 19.0 Å². The Morgan fingerprint density at radius 1 is 1.00 bits per heavy atom. The van der Waals surface area contributed by atoms with E-state index in [1.165, 1.54) is 11.8 Å². The second-order valence-electron chi connectivity index (χ2n) is 7.48. The Kier molecular flexibility index (Phi) is 7.22. The van der Waals surface area contributed by atoms with Crippen molar-refractivity contribution < 1.29 is 9.21 Å². The van der Waals surface area contributed by atoms with Gasteiger partial charge in [-0.05, 0) is 59.3 Å². The maximum absolute atomic E-state index is 13.1. The van der Waals surface area contributed by atoms with Crippen LogP contribution in [0.15, 0.2) is 98.6 Å². The Morgan fingerprint density at radius 3 is 2.48 bits per heavy atom. The van der Waals surface area contributed by atoms with E-state index in [4.69, 9.17) is 4.42 Å². The molecule has 0 N–H and O–H groups in total. The number of allylic oxidation sites excluding steroid dienone is 1. The molecule has 3 aromatic rings. The van der Waals surface area contributed by atoms with Gasteiger partial charge >= 0.3 is 0 Å². The molecule has 1 saturated heterocycles. The number of nitrogens with zero attached hydrogens (tertiary/aromatic N) is 4. The van der Waals surface area contributed by atoms with Gasteiger partial charge in [-0.15, -0.1) is 5.10 Å². The number of hydrogen-bond acceptors (Lipinski definition) is 6. The van der Waals surface area contributed by atoms with Crippen LogP contribution in [0.2, 0.25) is 0 Å². The Labute approximate surface area is 197 Å². The summed E-state index contributed by atoms with van der Waals surface area (Å²) in [6, 6.07) is 21.6. The van der Waals surface area contributed by atoms with Crippen LogP contribution >= 0.6 is 11.8 Å². The van der Waals surface area contributed by atoms with Crippen molar-refractivity contribution in [1.82, 2.24) is 4.90 Å². The van der Waals surface area contributed by atoms with Crippen molar-refractivity contribution >= 4 is 46.9 Å². The first-order chi connectivity index (χ1) is 16.1. The third kappa shape index (κ3) is 5.90. The van der Waals surface area contributed by atoms with Crippen LogP contribution in [-0.2, 0) is 11.3 Å². The topological polar surface area (TPSA) is 61.4 Å². The molecule has 7 heteroatoms. The maximum atomic E-state index is 13.1. The van der Waals surface area contributed by atoms with E-state index in [2.05, 4.69) is 10.2 Å². The summed E-state index contributed by atoms with van der Waals surface area (Å²) < 4.78 is 5.44. The van der Waals surface area contributed by atoms with Gasteiger partial charge in [0.15, 0.2) is 5.17 Å². The first kappa shape index (κ1) is 22.4. The number of amidine groups is 1. The van der Waals surface area contributed by atoms with Gasteiger partial charge in [0, 0.05) is 26.0 Å².